The topological polar surface area (TPSA) is 30.5 Å². The largest absolute Gasteiger partial charge is 0.497 e. The van der Waals surface area contributed by atoms with Crippen LogP contribution in [0.2, 0.25) is 0 Å². The minimum absolute atomic E-state index is 0.741. The van der Waals surface area contributed by atoms with Crippen LogP contribution in [0.25, 0.3) is 21.5 Å². The number of hydrogen-bond acceptors (Lipinski definition) is 3. The molecule has 0 aliphatic heterocycles. The highest BCUT2D eigenvalue weighted by Gasteiger charge is 2.08. The summed E-state index contributed by atoms with van der Waals surface area (Å²) in [4.78, 5) is 0. The lowest BCUT2D eigenvalue weighted by Gasteiger charge is -2.13. The van der Waals surface area contributed by atoms with E-state index in [0.29, 0.717) is 0 Å². The zero-order valence-electron chi connectivity index (χ0n) is 15.7. The van der Waals surface area contributed by atoms with Crippen molar-refractivity contribution in [2.24, 2.45) is 0 Å². The monoisotopic (exact) mass is 357 g/mol. The molecule has 0 bridgehead atoms. The van der Waals surface area contributed by atoms with Crippen LogP contribution in [0.1, 0.15) is 11.1 Å². The Balaban J connectivity index is 1.64. The molecule has 4 aromatic carbocycles. The number of benzene rings is 4. The molecule has 0 spiro atoms. The molecular formula is C24H23NO2. The highest BCUT2D eigenvalue weighted by atomic mass is 16.5. The summed E-state index contributed by atoms with van der Waals surface area (Å²) in [6, 6.07) is 25.4. The van der Waals surface area contributed by atoms with Gasteiger partial charge in [0, 0.05) is 19.2 Å². The molecule has 0 saturated carbocycles. The van der Waals surface area contributed by atoms with Crippen molar-refractivity contribution in [3.8, 4) is 11.5 Å². The van der Waals surface area contributed by atoms with Crippen LogP contribution < -0.4 is 14.8 Å². The highest BCUT2D eigenvalue weighted by Crippen LogP contribution is 2.28. The summed E-state index contributed by atoms with van der Waals surface area (Å²) in [5, 5.41) is 8.74. The summed E-state index contributed by atoms with van der Waals surface area (Å²) in [5.41, 5.74) is 2.47. The van der Waals surface area contributed by atoms with Crippen molar-refractivity contribution in [1.82, 2.24) is 5.32 Å². The van der Waals surface area contributed by atoms with Gasteiger partial charge >= 0.3 is 0 Å². The molecule has 4 aromatic rings. The Morgan fingerprint density at radius 3 is 1.78 bits per heavy atom. The quantitative estimate of drug-likeness (QED) is 0.475. The lowest BCUT2D eigenvalue weighted by Crippen LogP contribution is -2.13. The molecule has 0 radical (unpaired) electrons. The lowest BCUT2D eigenvalue weighted by molar-refractivity contribution is 0.393. The maximum Gasteiger partial charge on any atom is 0.122 e. The second kappa shape index (κ2) is 7.68. The Morgan fingerprint density at radius 2 is 1.22 bits per heavy atom. The van der Waals surface area contributed by atoms with Gasteiger partial charge in [-0.05, 0) is 50.9 Å². The average molecular weight is 357 g/mol. The maximum atomic E-state index is 5.37. The van der Waals surface area contributed by atoms with Crippen molar-refractivity contribution < 1.29 is 9.47 Å². The summed E-state index contributed by atoms with van der Waals surface area (Å²) in [7, 11) is 3.35. The molecule has 0 aliphatic rings. The van der Waals surface area contributed by atoms with Crippen LogP contribution >= 0.6 is 0 Å². The first-order valence-electron chi connectivity index (χ1n) is 9.10. The molecule has 0 heterocycles. The molecule has 0 aromatic heterocycles. The third-order valence-corrected chi connectivity index (χ3v) is 4.92. The van der Waals surface area contributed by atoms with Gasteiger partial charge in [0.1, 0.15) is 11.5 Å². The van der Waals surface area contributed by atoms with E-state index in [1.165, 1.54) is 27.1 Å². The van der Waals surface area contributed by atoms with Gasteiger partial charge in [-0.25, -0.2) is 0 Å². The zero-order valence-corrected chi connectivity index (χ0v) is 15.7. The number of ether oxygens (including phenoxy) is 2. The minimum atomic E-state index is 0.741. The number of hydrogen-bond donors (Lipinski definition) is 1. The fourth-order valence-corrected chi connectivity index (χ4v) is 3.60. The Morgan fingerprint density at radius 1 is 0.667 bits per heavy atom. The van der Waals surface area contributed by atoms with Gasteiger partial charge in [-0.15, -0.1) is 0 Å². The smallest absolute Gasteiger partial charge is 0.122 e. The van der Waals surface area contributed by atoms with E-state index in [1.807, 2.05) is 18.2 Å². The van der Waals surface area contributed by atoms with Crippen LogP contribution in [0.5, 0.6) is 11.5 Å². The van der Waals surface area contributed by atoms with Crippen molar-refractivity contribution in [2.75, 3.05) is 14.2 Å². The van der Waals surface area contributed by atoms with Gasteiger partial charge in [-0.3, -0.25) is 0 Å². The van der Waals surface area contributed by atoms with Gasteiger partial charge in [0.05, 0.1) is 14.2 Å². The van der Waals surface area contributed by atoms with Crippen LogP contribution in [0.15, 0.2) is 72.8 Å². The number of rotatable bonds is 6. The van der Waals surface area contributed by atoms with Gasteiger partial charge in [-0.1, -0.05) is 48.5 Å². The molecular weight excluding hydrogens is 334 g/mol. The zero-order chi connectivity index (χ0) is 18.6. The van der Waals surface area contributed by atoms with E-state index < -0.39 is 0 Å². The van der Waals surface area contributed by atoms with Crippen molar-refractivity contribution in [1.29, 1.82) is 0 Å². The first kappa shape index (κ1) is 17.4. The second-order valence-electron chi connectivity index (χ2n) is 6.62. The molecule has 0 fully saturated rings. The molecule has 136 valence electrons. The fraction of sp³-hybridized carbons (Fsp3) is 0.167. The van der Waals surface area contributed by atoms with Crippen molar-refractivity contribution in [3.63, 3.8) is 0 Å². The molecule has 27 heavy (non-hydrogen) atoms. The summed E-state index contributed by atoms with van der Waals surface area (Å²) in [6.45, 7) is 1.53. The average Bonchev–Trinajstić information content (AvgIpc) is 2.73. The van der Waals surface area contributed by atoms with E-state index in [4.69, 9.17) is 9.47 Å². The van der Waals surface area contributed by atoms with E-state index >= 15 is 0 Å². The Labute approximate surface area is 159 Å². The predicted octanol–water partition coefficient (Wildman–Crippen LogP) is 5.30. The molecule has 1 N–H and O–H groups in total. The third kappa shape index (κ3) is 3.60. The summed E-state index contributed by atoms with van der Waals surface area (Å²) in [6.07, 6.45) is 0. The van der Waals surface area contributed by atoms with E-state index in [2.05, 4.69) is 59.9 Å². The van der Waals surface area contributed by atoms with Gasteiger partial charge in [0.15, 0.2) is 0 Å². The van der Waals surface area contributed by atoms with Gasteiger partial charge < -0.3 is 14.8 Å². The molecule has 4 rings (SSSR count). The second-order valence-corrected chi connectivity index (χ2v) is 6.62. The molecule has 0 amide bonds. The van der Waals surface area contributed by atoms with Crippen LogP contribution in [-0.4, -0.2) is 14.2 Å². The predicted molar refractivity (Wildman–Crippen MR) is 112 cm³/mol. The van der Waals surface area contributed by atoms with Crippen molar-refractivity contribution in [2.45, 2.75) is 13.1 Å². The first-order valence-corrected chi connectivity index (χ1v) is 9.10. The summed E-state index contributed by atoms with van der Waals surface area (Å²) in [5.74, 6) is 1.61. The molecule has 3 nitrogen and oxygen atoms in total. The van der Waals surface area contributed by atoms with Gasteiger partial charge in [-0.2, -0.15) is 0 Å². The van der Waals surface area contributed by atoms with Gasteiger partial charge in [0.2, 0.25) is 0 Å². The van der Waals surface area contributed by atoms with Gasteiger partial charge in [0.25, 0.3) is 0 Å². The molecule has 0 aliphatic carbocycles. The SMILES string of the molecule is COc1cc(CNCc2c3ccccc3cc3ccccc23)cc(OC)c1. The number of fused-ring (bicyclic) bond motifs is 2. The molecule has 3 heteroatoms. The number of nitrogens with one attached hydrogen (secondary N) is 1. The van der Waals surface area contributed by atoms with Crippen molar-refractivity contribution >= 4 is 21.5 Å². The molecule has 0 saturated heterocycles. The van der Waals surface area contributed by atoms with E-state index in [-0.39, 0.29) is 0 Å². The van der Waals surface area contributed by atoms with Crippen LogP contribution in [0.3, 0.4) is 0 Å². The molecule has 0 atom stereocenters. The Kier molecular flexibility index (Phi) is 4.95. The van der Waals surface area contributed by atoms with Crippen LogP contribution in [0.4, 0.5) is 0 Å². The Bertz CT molecular complexity index is 1010. The maximum absolute atomic E-state index is 5.37. The van der Waals surface area contributed by atoms with Crippen LogP contribution in [-0.2, 0) is 13.1 Å². The molecule has 0 unspecified atom stereocenters. The lowest BCUT2D eigenvalue weighted by atomic mass is 9.97. The Hall–Kier alpha value is -3.04. The number of methoxy groups -OCH3 is 2. The third-order valence-electron chi connectivity index (χ3n) is 4.92. The summed E-state index contributed by atoms with van der Waals surface area (Å²) >= 11 is 0. The van der Waals surface area contributed by atoms with E-state index in [0.717, 1.165) is 30.2 Å². The van der Waals surface area contributed by atoms with E-state index in [1.54, 1.807) is 14.2 Å². The van der Waals surface area contributed by atoms with Crippen LogP contribution in [0, 0.1) is 0 Å². The van der Waals surface area contributed by atoms with E-state index in [9.17, 15) is 0 Å². The van der Waals surface area contributed by atoms with Crippen molar-refractivity contribution in [3.05, 3.63) is 83.9 Å². The highest BCUT2D eigenvalue weighted by molar-refractivity contribution is 6.02. The summed E-state index contributed by atoms with van der Waals surface area (Å²) < 4.78 is 10.7. The first-order chi connectivity index (χ1) is 13.3. The minimum Gasteiger partial charge on any atom is -0.497 e. The fourth-order valence-electron chi connectivity index (χ4n) is 3.60. The standard InChI is InChI=1S/C24H23NO2/c1-26-20-11-17(12-21(14-20)27-2)15-25-16-24-22-9-5-3-7-18(22)13-19-8-4-6-10-23(19)24/h3-14,25H,15-16H2,1-2H3. The normalized spacial score (nSPS) is 11.0.